The van der Waals surface area contributed by atoms with Crippen LogP contribution in [-0.4, -0.2) is 5.78 Å². The van der Waals surface area contributed by atoms with Crippen LogP contribution in [0.15, 0.2) is 51.6 Å². The molecular weight excluding hydrogens is 224 g/mol. The van der Waals surface area contributed by atoms with E-state index < -0.39 is 0 Å². The number of hydrogen-bond donors (Lipinski definition) is 0. The molecule has 0 saturated carbocycles. The quantitative estimate of drug-likeness (QED) is 0.744. The predicted molar refractivity (Wildman–Crippen MR) is 64.9 cm³/mol. The topological polar surface area (TPSA) is 17.1 Å². The van der Waals surface area contributed by atoms with Crippen LogP contribution < -0.4 is 0 Å². The maximum atomic E-state index is 11.3. The summed E-state index contributed by atoms with van der Waals surface area (Å²) in [4.78, 5) is 14.4. The van der Waals surface area contributed by atoms with Gasteiger partial charge in [0.1, 0.15) is 0 Å². The Labute approximate surface area is 97.1 Å². The van der Waals surface area contributed by atoms with Gasteiger partial charge in [0, 0.05) is 9.79 Å². The van der Waals surface area contributed by atoms with Crippen LogP contribution in [0.5, 0.6) is 0 Å². The van der Waals surface area contributed by atoms with Crippen molar-refractivity contribution < 1.29 is 4.79 Å². The Morgan fingerprint density at radius 2 is 1.93 bits per heavy atom. The molecule has 1 heterocycles. The van der Waals surface area contributed by atoms with Crippen molar-refractivity contribution in [3.8, 4) is 0 Å². The minimum absolute atomic E-state index is 0.142. The number of hydrogen-bond acceptors (Lipinski definition) is 3. The van der Waals surface area contributed by atoms with Crippen molar-refractivity contribution in [1.29, 1.82) is 0 Å². The largest absolute Gasteiger partial charge is 0.294 e. The molecule has 0 saturated heterocycles. The van der Waals surface area contributed by atoms with Crippen LogP contribution in [-0.2, 0) is 0 Å². The Morgan fingerprint density at radius 1 is 1.20 bits per heavy atom. The van der Waals surface area contributed by atoms with E-state index in [0.717, 1.165) is 9.77 Å². The number of carbonyl (C=O) groups excluding carboxylic acids is 1. The average Bonchev–Trinajstić information content (AvgIpc) is 2.67. The molecule has 15 heavy (non-hydrogen) atoms. The molecule has 76 valence electrons. The monoisotopic (exact) mass is 234 g/mol. The first-order chi connectivity index (χ1) is 7.27. The summed E-state index contributed by atoms with van der Waals surface area (Å²) in [6.45, 7) is 1.61. The molecule has 0 atom stereocenters. The Bertz CT molecular complexity index is 459. The molecule has 0 bridgehead atoms. The van der Waals surface area contributed by atoms with Gasteiger partial charge in [0.15, 0.2) is 5.78 Å². The maximum Gasteiger partial charge on any atom is 0.170 e. The fourth-order valence-corrected chi connectivity index (χ4v) is 3.22. The van der Waals surface area contributed by atoms with Crippen molar-refractivity contribution in [1.82, 2.24) is 0 Å². The molecule has 2 rings (SSSR count). The highest BCUT2D eigenvalue weighted by Gasteiger charge is 2.09. The first-order valence-corrected chi connectivity index (χ1v) is 6.28. The lowest BCUT2D eigenvalue weighted by molar-refractivity contribution is 0.101. The molecule has 0 radical (unpaired) electrons. The molecule has 1 nitrogen and oxygen atoms in total. The predicted octanol–water partition coefficient (Wildman–Crippen LogP) is 4.10. The summed E-state index contributed by atoms with van der Waals surface area (Å²) in [5, 5.41) is 1.96. The van der Waals surface area contributed by atoms with Crippen LogP contribution in [0.4, 0.5) is 0 Å². The lowest BCUT2D eigenvalue weighted by Gasteiger charge is -2.00. The van der Waals surface area contributed by atoms with Crippen LogP contribution in [0.3, 0.4) is 0 Å². The smallest absolute Gasteiger partial charge is 0.170 e. The molecular formula is C12H10OS2. The van der Waals surface area contributed by atoms with Crippen LogP contribution >= 0.6 is 23.1 Å². The number of benzene rings is 1. The van der Waals surface area contributed by atoms with E-state index in [4.69, 9.17) is 0 Å². The summed E-state index contributed by atoms with van der Waals surface area (Å²) in [6.07, 6.45) is 0. The van der Waals surface area contributed by atoms with Crippen molar-refractivity contribution in [2.24, 2.45) is 0 Å². The second-order valence-corrected chi connectivity index (χ2v) is 5.12. The lowest BCUT2D eigenvalue weighted by atomic mass is 10.3. The highest BCUT2D eigenvalue weighted by molar-refractivity contribution is 7.99. The summed E-state index contributed by atoms with van der Waals surface area (Å²) in [7, 11) is 0. The summed E-state index contributed by atoms with van der Waals surface area (Å²) in [6, 6.07) is 12.1. The van der Waals surface area contributed by atoms with E-state index >= 15 is 0 Å². The zero-order valence-electron chi connectivity index (χ0n) is 8.27. The molecule has 1 aromatic heterocycles. The van der Waals surface area contributed by atoms with Crippen molar-refractivity contribution in [3.05, 3.63) is 46.7 Å². The van der Waals surface area contributed by atoms with Gasteiger partial charge in [0.05, 0.1) is 4.88 Å². The number of carbonyl (C=O) groups is 1. The maximum absolute atomic E-state index is 11.3. The minimum Gasteiger partial charge on any atom is -0.294 e. The van der Waals surface area contributed by atoms with Crippen molar-refractivity contribution in [2.45, 2.75) is 16.7 Å². The molecule has 0 N–H and O–H groups in total. The normalized spacial score (nSPS) is 10.2. The molecule has 0 aliphatic carbocycles. The number of ketones is 1. The Morgan fingerprint density at radius 3 is 2.60 bits per heavy atom. The highest BCUT2D eigenvalue weighted by atomic mass is 32.2. The highest BCUT2D eigenvalue weighted by Crippen LogP contribution is 2.33. The minimum atomic E-state index is 0.142. The molecule has 3 heteroatoms. The van der Waals surface area contributed by atoms with Gasteiger partial charge in [-0.15, -0.1) is 11.3 Å². The van der Waals surface area contributed by atoms with Crippen molar-refractivity contribution in [2.75, 3.05) is 0 Å². The Kier molecular flexibility index (Phi) is 3.23. The van der Waals surface area contributed by atoms with Crippen molar-refractivity contribution in [3.63, 3.8) is 0 Å². The van der Waals surface area contributed by atoms with Gasteiger partial charge >= 0.3 is 0 Å². The van der Waals surface area contributed by atoms with Gasteiger partial charge in [-0.3, -0.25) is 4.79 Å². The van der Waals surface area contributed by atoms with Gasteiger partial charge in [-0.25, -0.2) is 0 Å². The average molecular weight is 234 g/mol. The van der Waals surface area contributed by atoms with Gasteiger partial charge in [-0.1, -0.05) is 30.0 Å². The van der Waals surface area contributed by atoms with E-state index in [1.807, 2.05) is 41.8 Å². The Hall–Kier alpha value is -1.06. The summed E-state index contributed by atoms with van der Waals surface area (Å²) < 4.78 is 0. The fourth-order valence-electron chi connectivity index (χ4n) is 1.25. The third kappa shape index (κ3) is 2.49. The zero-order valence-corrected chi connectivity index (χ0v) is 9.90. The van der Waals surface area contributed by atoms with E-state index in [9.17, 15) is 4.79 Å². The van der Waals surface area contributed by atoms with E-state index in [1.165, 1.54) is 16.2 Å². The van der Waals surface area contributed by atoms with E-state index in [-0.39, 0.29) is 5.78 Å². The Balaban J connectivity index is 2.25. The SMILES string of the molecule is CC(=O)c1sccc1Sc1ccccc1. The second kappa shape index (κ2) is 4.64. The third-order valence-corrected chi connectivity index (χ3v) is 4.13. The molecule has 1 aromatic carbocycles. The van der Waals surface area contributed by atoms with Crippen molar-refractivity contribution >= 4 is 28.9 Å². The van der Waals surface area contributed by atoms with Crippen LogP contribution in [0.2, 0.25) is 0 Å². The molecule has 2 aromatic rings. The van der Waals surface area contributed by atoms with E-state index in [0.29, 0.717) is 0 Å². The molecule has 0 unspecified atom stereocenters. The van der Waals surface area contributed by atoms with Gasteiger partial charge in [-0.05, 0) is 30.5 Å². The second-order valence-electron chi connectivity index (χ2n) is 3.09. The number of rotatable bonds is 3. The van der Waals surface area contributed by atoms with Gasteiger partial charge in [-0.2, -0.15) is 0 Å². The van der Waals surface area contributed by atoms with E-state index in [1.54, 1.807) is 18.7 Å². The molecule has 0 amide bonds. The zero-order chi connectivity index (χ0) is 10.7. The first-order valence-electron chi connectivity index (χ1n) is 4.58. The van der Waals surface area contributed by atoms with Crippen LogP contribution in [0.25, 0.3) is 0 Å². The molecule has 0 spiro atoms. The summed E-state index contributed by atoms with van der Waals surface area (Å²) >= 11 is 3.15. The summed E-state index contributed by atoms with van der Waals surface area (Å²) in [5.74, 6) is 0.142. The van der Waals surface area contributed by atoms with Crippen LogP contribution in [0, 0.1) is 0 Å². The standard InChI is InChI=1S/C12H10OS2/c1-9(13)12-11(7-8-14-12)15-10-5-3-2-4-6-10/h2-8H,1H3. The third-order valence-electron chi connectivity index (χ3n) is 1.92. The molecule has 0 aliphatic heterocycles. The fraction of sp³-hybridized carbons (Fsp3) is 0.0833. The van der Waals surface area contributed by atoms with Crippen LogP contribution in [0.1, 0.15) is 16.6 Å². The van der Waals surface area contributed by atoms with Gasteiger partial charge in [0.25, 0.3) is 0 Å². The van der Waals surface area contributed by atoms with Gasteiger partial charge < -0.3 is 0 Å². The molecule has 0 aliphatic rings. The van der Waals surface area contributed by atoms with Gasteiger partial charge in [0.2, 0.25) is 0 Å². The summed E-state index contributed by atoms with van der Waals surface area (Å²) in [5.41, 5.74) is 0. The number of thiophene rings is 1. The first kappa shape index (κ1) is 10.5. The van der Waals surface area contributed by atoms with E-state index in [2.05, 4.69) is 0 Å². The lowest BCUT2D eigenvalue weighted by Crippen LogP contribution is -1.88. The molecule has 0 fully saturated rings. The number of Topliss-reactive ketones (excluding diaryl/α,β-unsaturated/α-hetero) is 1.